The minimum atomic E-state index is -0.251. The Morgan fingerprint density at radius 2 is 1.11 bits per heavy atom. The molecule has 0 amide bonds. The van der Waals surface area contributed by atoms with Crippen LogP contribution in [0.1, 0.15) is 49.4 Å². The molecule has 2 aliphatic carbocycles. The number of hydrogen-bond acceptors (Lipinski definition) is 3. The molecule has 0 saturated heterocycles. The van der Waals surface area contributed by atoms with Crippen LogP contribution >= 0.6 is 0 Å². The summed E-state index contributed by atoms with van der Waals surface area (Å²) in [4.78, 5) is 10.5. The lowest BCUT2D eigenvalue weighted by atomic mass is 9.81. The van der Waals surface area contributed by atoms with E-state index in [1.54, 1.807) is 0 Å². The summed E-state index contributed by atoms with van der Waals surface area (Å²) in [7, 11) is 0. The van der Waals surface area contributed by atoms with E-state index in [4.69, 9.17) is 9.97 Å². The number of rotatable bonds is 6. The summed E-state index contributed by atoms with van der Waals surface area (Å²) in [5.41, 5.74) is 17.2. The smallest absolute Gasteiger partial charge is 0.160 e. The molecule has 0 bridgehead atoms. The van der Waals surface area contributed by atoms with Gasteiger partial charge in [0, 0.05) is 22.1 Å². The summed E-state index contributed by atoms with van der Waals surface area (Å²) in [6.07, 6.45) is 7.73. The van der Waals surface area contributed by atoms with Gasteiger partial charge in [-0.05, 0) is 117 Å². The first kappa shape index (κ1) is 33.2. The van der Waals surface area contributed by atoms with E-state index in [1.807, 2.05) is 18.2 Å². The Morgan fingerprint density at radius 1 is 0.556 bits per heavy atom. The Kier molecular flexibility index (Phi) is 8.25. The molecule has 9 rings (SSSR count). The van der Waals surface area contributed by atoms with Gasteiger partial charge in [0.15, 0.2) is 5.82 Å². The van der Waals surface area contributed by atoms with E-state index in [-0.39, 0.29) is 5.41 Å². The van der Waals surface area contributed by atoms with Crippen molar-refractivity contribution in [3.8, 4) is 73.4 Å². The van der Waals surface area contributed by atoms with Crippen molar-refractivity contribution in [1.29, 1.82) is 5.26 Å². The summed E-state index contributed by atoms with van der Waals surface area (Å²) in [6, 6.07) is 53.8. The number of nitrogens with zero attached hydrogens (tertiary/aromatic N) is 3. The van der Waals surface area contributed by atoms with Gasteiger partial charge in [-0.2, -0.15) is 5.26 Å². The molecular formula is C51H39N3. The molecular weight excluding hydrogens is 655 g/mol. The van der Waals surface area contributed by atoms with E-state index in [1.165, 1.54) is 33.4 Å². The van der Waals surface area contributed by atoms with Gasteiger partial charge in [0.2, 0.25) is 0 Å². The highest BCUT2D eigenvalue weighted by molar-refractivity contribution is 5.87. The van der Waals surface area contributed by atoms with Gasteiger partial charge < -0.3 is 0 Å². The highest BCUT2D eigenvalue weighted by atomic mass is 14.9. The topological polar surface area (TPSA) is 49.6 Å². The minimum absolute atomic E-state index is 0.251. The van der Waals surface area contributed by atoms with Gasteiger partial charge in [0.05, 0.1) is 23.0 Å². The number of hydrogen-bond donors (Lipinski definition) is 0. The summed E-state index contributed by atoms with van der Waals surface area (Å²) in [5.74, 6) is 1.19. The average Bonchev–Trinajstić information content (AvgIpc) is 3.45. The minimum Gasteiger partial charge on any atom is -0.228 e. The lowest BCUT2D eigenvalue weighted by molar-refractivity contribution is 0.660. The summed E-state index contributed by atoms with van der Waals surface area (Å²) in [5, 5.41) is 9.69. The monoisotopic (exact) mass is 693 g/mol. The Labute approximate surface area is 317 Å². The van der Waals surface area contributed by atoms with Crippen LogP contribution in [0.5, 0.6) is 0 Å². The summed E-state index contributed by atoms with van der Waals surface area (Å²) in [6.45, 7) is 6.80. The van der Waals surface area contributed by atoms with Gasteiger partial charge in [-0.3, -0.25) is 0 Å². The van der Waals surface area contributed by atoms with Gasteiger partial charge in [0.1, 0.15) is 0 Å². The standard InChI is InChI=1S/C51H39N3/c1-33-12-10-17-37(24-33)38-18-11-19-39(26-38)41-27-42(40-21-23-45-44-22-20-34(32-52)25-46(44)51(2,3)47(45)30-40)29-43(28-41)50-53-48(35-13-6-4-7-14-35)31-49(54-50)36-15-8-5-9-16-36/h4-23,25-31,33H,24H2,1-3H3/t33-/m0/s1. The molecule has 0 aliphatic heterocycles. The molecule has 0 N–H and O–H groups in total. The predicted octanol–water partition coefficient (Wildman–Crippen LogP) is 13.0. The van der Waals surface area contributed by atoms with Gasteiger partial charge in [-0.25, -0.2) is 9.97 Å². The van der Waals surface area contributed by atoms with Gasteiger partial charge in [-0.15, -0.1) is 0 Å². The van der Waals surface area contributed by atoms with Crippen LogP contribution in [0, 0.1) is 17.2 Å². The molecule has 6 aromatic carbocycles. The first-order valence-corrected chi connectivity index (χ1v) is 18.7. The van der Waals surface area contributed by atoms with E-state index >= 15 is 0 Å². The first-order valence-electron chi connectivity index (χ1n) is 18.7. The van der Waals surface area contributed by atoms with E-state index in [0.29, 0.717) is 17.3 Å². The molecule has 54 heavy (non-hydrogen) atoms. The molecule has 0 unspecified atom stereocenters. The van der Waals surface area contributed by atoms with Crippen LogP contribution in [0.15, 0.2) is 164 Å². The molecule has 3 heteroatoms. The van der Waals surface area contributed by atoms with Gasteiger partial charge >= 0.3 is 0 Å². The predicted molar refractivity (Wildman–Crippen MR) is 222 cm³/mol. The molecule has 1 atom stereocenters. The zero-order valence-electron chi connectivity index (χ0n) is 30.7. The highest BCUT2D eigenvalue weighted by Crippen LogP contribution is 2.50. The normalized spacial score (nSPS) is 15.2. The zero-order chi connectivity index (χ0) is 36.8. The van der Waals surface area contributed by atoms with Crippen molar-refractivity contribution < 1.29 is 0 Å². The lowest BCUT2D eigenvalue weighted by Crippen LogP contribution is -2.15. The van der Waals surface area contributed by atoms with E-state index < -0.39 is 0 Å². The van der Waals surface area contributed by atoms with Gasteiger partial charge in [-0.1, -0.05) is 136 Å². The second-order valence-electron chi connectivity index (χ2n) is 15.1. The fourth-order valence-electron chi connectivity index (χ4n) is 8.12. The van der Waals surface area contributed by atoms with Crippen LogP contribution < -0.4 is 0 Å². The van der Waals surface area contributed by atoms with E-state index in [2.05, 4.69) is 172 Å². The molecule has 2 aliphatic rings. The maximum atomic E-state index is 9.69. The third-order valence-electron chi connectivity index (χ3n) is 11.0. The quantitative estimate of drug-likeness (QED) is 0.174. The maximum absolute atomic E-state index is 9.69. The molecule has 0 fully saturated rings. The molecule has 7 aromatic rings. The Balaban J connectivity index is 1.24. The molecule has 3 nitrogen and oxygen atoms in total. The number of fused-ring (bicyclic) bond motifs is 3. The fourth-order valence-corrected chi connectivity index (χ4v) is 8.12. The maximum Gasteiger partial charge on any atom is 0.160 e. The molecule has 1 aromatic heterocycles. The fraction of sp³-hybridized carbons (Fsp3) is 0.118. The number of nitriles is 1. The van der Waals surface area contributed by atoms with Gasteiger partial charge in [0.25, 0.3) is 0 Å². The Morgan fingerprint density at radius 3 is 1.76 bits per heavy atom. The van der Waals surface area contributed by atoms with E-state index in [9.17, 15) is 5.26 Å². The number of aromatic nitrogens is 2. The Hall–Kier alpha value is -6.63. The summed E-state index contributed by atoms with van der Waals surface area (Å²) < 4.78 is 0. The van der Waals surface area contributed by atoms with Crippen molar-refractivity contribution in [1.82, 2.24) is 9.97 Å². The van der Waals surface area contributed by atoms with Crippen molar-refractivity contribution in [2.24, 2.45) is 5.92 Å². The van der Waals surface area contributed by atoms with Crippen LogP contribution in [0.4, 0.5) is 0 Å². The van der Waals surface area contributed by atoms with Crippen LogP contribution in [-0.4, -0.2) is 9.97 Å². The summed E-state index contributed by atoms with van der Waals surface area (Å²) >= 11 is 0. The second kappa shape index (κ2) is 13.4. The number of allylic oxidation sites excluding steroid dienone is 4. The van der Waals surface area contributed by atoms with Crippen LogP contribution in [0.2, 0.25) is 0 Å². The molecule has 0 spiro atoms. The number of benzene rings is 6. The van der Waals surface area contributed by atoms with Crippen molar-refractivity contribution >= 4 is 5.57 Å². The van der Waals surface area contributed by atoms with Crippen LogP contribution in [-0.2, 0) is 5.41 Å². The Bertz CT molecular complexity index is 2620. The molecule has 258 valence electrons. The second-order valence-corrected chi connectivity index (χ2v) is 15.1. The third kappa shape index (κ3) is 6.06. The van der Waals surface area contributed by atoms with E-state index in [0.717, 1.165) is 56.8 Å². The highest BCUT2D eigenvalue weighted by Gasteiger charge is 2.36. The largest absolute Gasteiger partial charge is 0.228 e. The average molecular weight is 694 g/mol. The third-order valence-corrected chi connectivity index (χ3v) is 11.0. The molecule has 0 radical (unpaired) electrons. The van der Waals surface area contributed by atoms with Crippen molar-refractivity contribution in [3.05, 3.63) is 186 Å². The molecule has 0 saturated carbocycles. The van der Waals surface area contributed by atoms with Crippen molar-refractivity contribution in [3.63, 3.8) is 0 Å². The SMILES string of the molecule is C[C@H]1C=CC=C(c2cccc(-c3cc(-c4ccc5c(c4)C(C)(C)c4cc(C#N)ccc4-5)cc(-c4nc(-c5ccccc5)cc(-c5ccccc5)n4)c3)c2)C1. The zero-order valence-corrected chi connectivity index (χ0v) is 30.7. The van der Waals surface area contributed by atoms with Crippen LogP contribution in [0.3, 0.4) is 0 Å². The molecule has 1 heterocycles. The van der Waals surface area contributed by atoms with Crippen LogP contribution in [0.25, 0.3) is 72.9 Å². The lowest BCUT2D eigenvalue weighted by Gasteiger charge is -2.22. The van der Waals surface area contributed by atoms with Crippen molar-refractivity contribution in [2.45, 2.75) is 32.6 Å². The van der Waals surface area contributed by atoms with Crippen molar-refractivity contribution in [2.75, 3.05) is 0 Å². The first-order chi connectivity index (χ1) is 26.3.